The van der Waals surface area contributed by atoms with E-state index in [0.29, 0.717) is 0 Å². The van der Waals surface area contributed by atoms with E-state index < -0.39 is 53.6 Å². The summed E-state index contributed by atoms with van der Waals surface area (Å²) < 4.78 is 5.06. The summed E-state index contributed by atoms with van der Waals surface area (Å²) in [4.78, 5) is 52.1. The van der Waals surface area contributed by atoms with Gasteiger partial charge in [-0.1, -0.05) is 0 Å². The van der Waals surface area contributed by atoms with E-state index in [1.165, 1.54) is 6.92 Å². The normalized spacial score (nSPS) is 14.0. The molecular weight excluding hydrogens is 346 g/mol. The minimum Gasteiger partial charge on any atom is -0.480 e. The van der Waals surface area contributed by atoms with Crippen LogP contribution in [-0.2, 0) is 24.0 Å². The molecule has 0 aliphatic heterocycles. The Morgan fingerprint density at radius 1 is 0.962 bits per heavy atom. The lowest BCUT2D eigenvalue weighted by Gasteiger charge is -2.24. The molecule has 0 bridgehead atoms. The standard InChI is InChI=1S/C16H29N3O7/c1-9(13(22)23)17-12(21)10(18-14(24)25-15(2,3)4)8-11(20)19-26-16(5,6)7/h9-10H,8H2,1-7H3,(H,17,21)(H,18,24)(H,19,20)(H,22,23)/t9-,10-/m0/s1. The number of carboxylic acid groups (broad SMARTS) is 1. The Morgan fingerprint density at radius 2 is 1.50 bits per heavy atom. The second kappa shape index (κ2) is 9.37. The van der Waals surface area contributed by atoms with Crippen LogP contribution in [0.1, 0.15) is 54.9 Å². The van der Waals surface area contributed by atoms with E-state index in [1.807, 2.05) is 0 Å². The first-order valence-corrected chi connectivity index (χ1v) is 8.10. The molecule has 0 aliphatic carbocycles. The van der Waals surface area contributed by atoms with Crippen LogP contribution in [0.5, 0.6) is 0 Å². The number of carbonyl (C=O) groups is 4. The van der Waals surface area contributed by atoms with Crippen molar-refractivity contribution in [2.45, 2.75) is 78.2 Å². The van der Waals surface area contributed by atoms with Crippen molar-refractivity contribution in [1.29, 1.82) is 0 Å². The Balaban J connectivity index is 5.03. The maximum absolute atomic E-state index is 12.2. The van der Waals surface area contributed by atoms with Gasteiger partial charge in [0.2, 0.25) is 11.8 Å². The molecule has 10 heteroatoms. The molecule has 0 fully saturated rings. The number of hydroxylamine groups is 1. The van der Waals surface area contributed by atoms with Crippen molar-refractivity contribution >= 4 is 23.9 Å². The molecular formula is C16H29N3O7. The summed E-state index contributed by atoms with van der Waals surface area (Å²) in [6, 6.07) is -2.53. The maximum Gasteiger partial charge on any atom is 0.408 e. The molecule has 0 aliphatic rings. The zero-order valence-corrected chi connectivity index (χ0v) is 16.3. The topological polar surface area (TPSA) is 143 Å². The smallest absolute Gasteiger partial charge is 0.408 e. The van der Waals surface area contributed by atoms with Gasteiger partial charge in [-0.15, -0.1) is 0 Å². The van der Waals surface area contributed by atoms with Gasteiger partial charge in [0.1, 0.15) is 17.7 Å². The van der Waals surface area contributed by atoms with Gasteiger partial charge in [-0.2, -0.15) is 0 Å². The number of aliphatic carboxylic acids is 1. The van der Waals surface area contributed by atoms with Gasteiger partial charge in [0.05, 0.1) is 12.0 Å². The summed E-state index contributed by atoms with van der Waals surface area (Å²) in [6.45, 7) is 11.3. The molecule has 0 spiro atoms. The summed E-state index contributed by atoms with van der Waals surface area (Å²) in [6.07, 6.45) is -1.38. The van der Waals surface area contributed by atoms with Crippen molar-refractivity contribution in [2.24, 2.45) is 0 Å². The van der Waals surface area contributed by atoms with Crippen molar-refractivity contribution in [1.82, 2.24) is 16.1 Å². The quantitative estimate of drug-likeness (QED) is 0.480. The predicted molar refractivity (Wildman–Crippen MR) is 92.0 cm³/mol. The highest BCUT2D eigenvalue weighted by atomic mass is 16.7. The second-order valence-electron chi connectivity index (χ2n) is 7.71. The Labute approximate surface area is 152 Å². The van der Waals surface area contributed by atoms with E-state index >= 15 is 0 Å². The molecule has 26 heavy (non-hydrogen) atoms. The maximum atomic E-state index is 12.2. The van der Waals surface area contributed by atoms with E-state index in [9.17, 15) is 19.2 Å². The molecule has 0 aromatic heterocycles. The molecule has 0 aromatic rings. The van der Waals surface area contributed by atoms with Crippen molar-refractivity contribution in [3.8, 4) is 0 Å². The first kappa shape index (κ1) is 23.6. The number of alkyl carbamates (subject to hydrolysis) is 1. The van der Waals surface area contributed by atoms with E-state index in [4.69, 9.17) is 14.7 Å². The number of ether oxygens (including phenoxy) is 1. The fourth-order valence-electron chi connectivity index (χ4n) is 1.47. The summed E-state index contributed by atoms with van der Waals surface area (Å²) in [7, 11) is 0. The zero-order valence-electron chi connectivity index (χ0n) is 16.3. The van der Waals surface area contributed by atoms with Crippen LogP contribution in [0.15, 0.2) is 0 Å². The molecule has 0 saturated carbocycles. The Kier molecular flexibility index (Phi) is 8.52. The first-order valence-electron chi connectivity index (χ1n) is 8.10. The molecule has 4 N–H and O–H groups in total. The van der Waals surface area contributed by atoms with Crippen LogP contribution < -0.4 is 16.1 Å². The van der Waals surface area contributed by atoms with Crippen LogP contribution in [0.25, 0.3) is 0 Å². The summed E-state index contributed by atoms with van der Waals surface area (Å²) in [5, 5.41) is 13.3. The van der Waals surface area contributed by atoms with Gasteiger partial charge >= 0.3 is 12.1 Å². The van der Waals surface area contributed by atoms with E-state index in [-0.39, 0.29) is 0 Å². The van der Waals surface area contributed by atoms with Gasteiger partial charge < -0.3 is 20.5 Å². The minimum absolute atomic E-state index is 0.465. The van der Waals surface area contributed by atoms with E-state index in [2.05, 4.69) is 16.1 Å². The van der Waals surface area contributed by atoms with Crippen LogP contribution in [0.3, 0.4) is 0 Å². The fourth-order valence-corrected chi connectivity index (χ4v) is 1.47. The van der Waals surface area contributed by atoms with Crippen LogP contribution in [0.2, 0.25) is 0 Å². The number of carboxylic acids is 1. The van der Waals surface area contributed by atoms with E-state index in [0.717, 1.165) is 0 Å². The molecule has 150 valence electrons. The van der Waals surface area contributed by atoms with Gasteiger partial charge in [-0.3, -0.25) is 19.2 Å². The van der Waals surface area contributed by atoms with Crippen LogP contribution in [0.4, 0.5) is 4.79 Å². The van der Waals surface area contributed by atoms with Crippen LogP contribution in [-0.4, -0.2) is 52.3 Å². The Hall–Kier alpha value is -2.36. The minimum atomic E-state index is -1.34. The highest BCUT2D eigenvalue weighted by Crippen LogP contribution is 2.08. The second-order valence-corrected chi connectivity index (χ2v) is 7.71. The third-order valence-corrected chi connectivity index (χ3v) is 2.60. The molecule has 0 saturated heterocycles. The average molecular weight is 375 g/mol. The molecule has 0 radical (unpaired) electrons. The molecule has 10 nitrogen and oxygen atoms in total. The monoisotopic (exact) mass is 375 g/mol. The summed E-state index contributed by atoms with van der Waals surface area (Å²) in [5.41, 5.74) is 0.721. The predicted octanol–water partition coefficient (Wildman–Crippen LogP) is 0.705. The van der Waals surface area contributed by atoms with E-state index in [1.54, 1.807) is 41.5 Å². The highest BCUT2D eigenvalue weighted by Gasteiger charge is 2.29. The highest BCUT2D eigenvalue weighted by molar-refractivity contribution is 5.92. The number of rotatable bonds is 7. The fraction of sp³-hybridized carbons (Fsp3) is 0.750. The SMILES string of the molecule is C[C@H](NC(=O)[C@H](CC(=O)NOC(C)(C)C)NC(=O)OC(C)(C)C)C(=O)O. The number of nitrogens with one attached hydrogen (secondary N) is 3. The van der Waals surface area contributed by atoms with Crippen molar-refractivity contribution in [2.75, 3.05) is 0 Å². The molecule has 2 atom stereocenters. The van der Waals surface area contributed by atoms with Crippen molar-refractivity contribution in [3.05, 3.63) is 0 Å². The zero-order chi connectivity index (χ0) is 20.7. The van der Waals surface area contributed by atoms with Gasteiger partial charge in [0, 0.05) is 0 Å². The largest absolute Gasteiger partial charge is 0.480 e. The average Bonchev–Trinajstić information content (AvgIpc) is 2.41. The molecule has 0 aromatic carbocycles. The Morgan fingerprint density at radius 3 is 1.92 bits per heavy atom. The van der Waals surface area contributed by atoms with Crippen LogP contribution >= 0.6 is 0 Å². The number of amides is 3. The third-order valence-electron chi connectivity index (χ3n) is 2.60. The van der Waals surface area contributed by atoms with Gasteiger partial charge in [-0.05, 0) is 48.5 Å². The number of hydrogen-bond acceptors (Lipinski definition) is 6. The molecule has 0 unspecified atom stereocenters. The summed E-state index contributed by atoms with van der Waals surface area (Å²) in [5.74, 6) is -2.76. The van der Waals surface area contributed by atoms with Crippen molar-refractivity contribution < 1.29 is 33.9 Å². The molecule has 0 heterocycles. The van der Waals surface area contributed by atoms with Gasteiger partial charge in [0.15, 0.2) is 0 Å². The first-order chi connectivity index (χ1) is 11.6. The number of hydrogen-bond donors (Lipinski definition) is 4. The molecule has 3 amide bonds. The lowest BCUT2D eigenvalue weighted by Crippen LogP contribution is -2.53. The van der Waals surface area contributed by atoms with Crippen LogP contribution in [0, 0.1) is 0 Å². The third kappa shape index (κ3) is 11.2. The van der Waals surface area contributed by atoms with Crippen molar-refractivity contribution in [3.63, 3.8) is 0 Å². The Bertz CT molecular complexity index is 535. The molecule has 0 rings (SSSR count). The lowest BCUT2D eigenvalue weighted by atomic mass is 10.1. The van der Waals surface area contributed by atoms with Gasteiger partial charge in [-0.25, -0.2) is 10.3 Å². The van der Waals surface area contributed by atoms with Gasteiger partial charge in [0.25, 0.3) is 0 Å². The summed E-state index contributed by atoms with van der Waals surface area (Å²) >= 11 is 0. The number of carbonyl (C=O) groups excluding carboxylic acids is 3. The lowest BCUT2D eigenvalue weighted by molar-refractivity contribution is -0.147.